The number of alkyl carbamates (subject to hydrolysis) is 1. The van der Waals surface area contributed by atoms with E-state index in [0.29, 0.717) is 11.3 Å². The number of carbonyl (C=O) groups is 2. The second-order valence-electron chi connectivity index (χ2n) is 7.12. The van der Waals surface area contributed by atoms with Gasteiger partial charge in [-0.25, -0.2) is 9.59 Å². The number of amides is 1. The third-order valence-corrected chi connectivity index (χ3v) is 4.48. The topological polar surface area (TPSA) is 118 Å². The van der Waals surface area contributed by atoms with Crippen LogP contribution < -0.4 is 10.2 Å². The molecule has 1 unspecified atom stereocenters. The number of aromatic nitrogens is 2. The van der Waals surface area contributed by atoms with Crippen LogP contribution in [0.4, 0.5) is 4.79 Å². The van der Waals surface area contributed by atoms with Gasteiger partial charge in [0.15, 0.2) is 6.61 Å². The lowest BCUT2D eigenvalue weighted by Gasteiger charge is -2.22. The van der Waals surface area contributed by atoms with E-state index in [2.05, 4.69) is 21.0 Å². The van der Waals surface area contributed by atoms with Crippen LogP contribution in [0.2, 0.25) is 0 Å². The maximum absolute atomic E-state index is 12.6. The second kappa shape index (κ2) is 10.5. The molecule has 0 spiro atoms. The van der Waals surface area contributed by atoms with E-state index in [1.165, 1.54) is 11.8 Å². The molecule has 1 atom stereocenters. The molecule has 2 aromatic rings. The minimum atomic E-state index is -1.02. The summed E-state index contributed by atoms with van der Waals surface area (Å²) in [5.41, 5.74) is 0.194. The molecule has 1 aromatic carbocycles. The fourth-order valence-electron chi connectivity index (χ4n) is 2.30. The van der Waals surface area contributed by atoms with Crippen LogP contribution in [0.5, 0.6) is 0 Å². The summed E-state index contributed by atoms with van der Waals surface area (Å²) in [5, 5.41) is 18.1. The molecule has 0 saturated carbocycles. The molecule has 2 rings (SSSR count). The number of terminal acetylenes is 1. The van der Waals surface area contributed by atoms with Crippen LogP contribution in [0.25, 0.3) is 11.3 Å². The normalized spacial score (nSPS) is 11.9. The first kappa shape index (κ1) is 23.1. The average molecular weight is 433 g/mol. The summed E-state index contributed by atoms with van der Waals surface area (Å²) in [5.74, 6) is 2.22. The van der Waals surface area contributed by atoms with Gasteiger partial charge in [-0.1, -0.05) is 36.3 Å². The first-order valence-corrected chi connectivity index (χ1v) is 10.2. The van der Waals surface area contributed by atoms with E-state index in [1.807, 2.05) is 6.07 Å². The molecule has 0 aliphatic rings. The SMILES string of the molecule is C#CCSCC(NC(=O)OC(C)(C)C)C(=O)OCc1c(-c2ccccc2)no[n+]1[O-]. The molecule has 0 fully saturated rings. The monoisotopic (exact) mass is 433 g/mol. The molecule has 0 radical (unpaired) electrons. The standard InChI is InChI=1S/C20H23N3O6S/c1-5-11-30-13-15(21-19(25)28-20(2,3)4)18(24)27-12-16-17(22-29-23(16)26)14-9-7-6-8-10-14/h1,6-10,15H,11-13H2,2-4H3,(H,21,25). The molecule has 0 aliphatic carbocycles. The molecule has 1 aromatic heterocycles. The first-order valence-electron chi connectivity index (χ1n) is 9.02. The lowest BCUT2D eigenvalue weighted by molar-refractivity contribution is -0.808. The van der Waals surface area contributed by atoms with E-state index >= 15 is 0 Å². The molecule has 0 bridgehead atoms. The Bertz CT molecular complexity index is 902. The Morgan fingerprint density at radius 1 is 1.37 bits per heavy atom. The minimum Gasteiger partial charge on any atom is -0.455 e. The van der Waals surface area contributed by atoms with Gasteiger partial charge in [0.1, 0.15) is 11.6 Å². The van der Waals surface area contributed by atoms with Crippen LogP contribution in [0.15, 0.2) is 35.0 Å². The smallest absolute Gasteiger partial charge is 0.408 e. The van der Waals surface area contributed by atoms with Crippen molar-refractivity contribution in [3.8, 4) is 23.6 Å². The molecule has 1 amide bonds. The number of thioether (sulfide) groups is 1. The number of esters is 1. The van der Waals surface area contributed by atoms with Gasteiger partial charge in [-0.15, -0.1) is 18.2 Å². The van der Waals surface area contributed by atoms with Gasteiger partial charge in [0, 0.05) is 16.5 Å². The highest BCUT2D eigenvalue weighted by Crippen LogP contribution is 2.20. The largest absolute Gasteiger partial charge is 0.455 e. The van der Waals surface area contributed by atoms with Gasteiger partial charge in [-0.2, -0.15) is 0 Å². The van der Waals surface area contributed by atoms with Gasteiger partial charge < -0.3 is 20.0 Å². The highest BCUT2D eigenvalue weighted by molar-refractivity contribution is 7.99. The first-order chi connectivity index (χ1) is 14.2. The van der Waals surface area contributed by atoms with Crippen molar-refractivity contribution in [2.24, 2.45) is 0 Å². The lowest BCUT2D eigenvalue weighted by Crippen LogP contribution is -2.46. The molecule has 1 heterocycles. The highest BCUT2D eigenvalue weighted by Gasteiger charge is 2.28. The van der Waals surface area contributed by atoms with Crippen molar-refractivity contribution in [1.82, 2.24) is 10.5 Å². The average Bonchev–Trinajstić information content (AvgIpc) is 3.05. The number of hydrogen-bond acceptors (Lipinski definition) is 8. The predicted molar refractivity (Wildman–Crippen MR) is 110 cm³/mol. The van der Waals surface area contributed by atoms with Crippen molar-refractivity contribution in [3.63, 3.8) is 0 Å². The highest BCUT2D eigenvalue weighted by atomic mass is 32.2. The molecule has 0 saturated heterocycles. The molecule has 9 nitrogen and oxygen atoms in total. The summed E-state index contributed by atoms with van der Waals surface area (Å²) < 4.78 is 15.1. The van der Waals surface area contributed by atoms with Gasteiger partial charge in [0.25, 0.3) is 5.69 Å². The number of hydrogen-bond donors (Lipinski definition) is 1. The van der Waals surface area contributed by atoms with E-state index in [9.17, 15) is 14.8 Å². The third kappa shape index (κ3) is 7.00. The van der Waals surface area contributed by atoms with Crippen LogP contribution in [-0.2, 0) is 20.9 Å². The fourth-order valence-corrected chi connectivity index (χ4v) is 2.99. The summed E-state index contributed by atoms with van der Waals surface area (Å²) in [6.45, 7) is 4.73. The predicted octanol–water partition coefficient (Wildman–Crippen LogP) is 2.28. The Hall–Kier alpha value is -3.19. The fraction of sp³-hybridized carbons (Fsp3) is 0.400. The maximum Gasteiger partial charge on any atom is 0.408 e. The molecular formula is C20H23N3O6S. The van der Waals surface area contributed by atoms with Crippen molar-refractivity contribution >= 4 is 23.8 Å². The van der Waals surface area contributed by atoms with Crippen molar-refractivity contribution in [2.75, 3.05) is 11.5 Å². The zero-order chi connectivity index (χ0) is 22.1. The Labute approximate surface area is 178 Å². The zero-order valence-corrected chi connectivity index (χ0v) is 17.7. The molecule has 10 heteroatoms. The Morgan fingerprint density at radius 2 is 2.07 bits per heavy atom. The van der Waals surface area contributed by atoms with E-state index in [0.717, 1.165) is 0 Å². The maximum atomic E-state index is 12.6. The molecule has 1 N–H and O–H groups in total. The Kier molecular flexibility index (Phi) is 8.12. The number of ether oxygens (including phenoxy) is 2. The molecule has 160 valence electrons. The summed E-state index contributed by atoms with van der Waals surface area (Å²) >= 11 is 1.27. The Balaban J connectivity index is 2.07. The zero-order valence-electron chi connectivity index (χ0n) is 16.9. The summed E-state index contributed by atoms with van der Waals surface area (Å²) in [6, 6.07) is 7.84. The third-order valence-electron chi connectivity index (χ3n) is 3.54. The number of rotatable bonds is 8. The molecule has 0 aliphatic heterocycles. The van der Waals surface area contributed by atoms with Crippen molar-refractivity contribution < 1.29 is 28.6 Å². The second-order valence-corrected chi connectivity index (χ2v) is 8.15. The summed E-state index contributed by atoms with van der Waals surface area (Å²) in [6.07, 6.45) is 4.47. The minimum absolute atomic E-state index is 0.0295. The van der Waals surface area contributed by atoms with Gasteiger partial charge in [-0.05, 0) is 25.7 Å². The summed E-state index contributed by atoms with van der Waals surface area (Å²) in [7, 11) is 0. The van der Waals surface area contributed by atoms with E-state index in [-0.39, 0.29) is 28.7 Å². The number of nitrogens with zero attached hydrogens (tertiary/aromatic N) is 2. The van der Waals surface area contributed by atoms with Crippen molar-refractivity contribution in [1.29, 1.82) is 0 Å². The number of carbonyl (C=O) groups excluding carboxylic acids is 2. The molecule has 30 heavy (non-hydrogen) atoms. The van der Waals surface area contributed by atoms with Crippen LogP contribution in [-0.4, -0.2) is 40.4 Å². The van der Waals surface area contributed by atoms with Gasteiger partial charge in [0.2, 0.25) is 5.69 Å². The molecular weight excluding hydrogens is 410 g/mol. The van der Waals surface area contributed by atoms with E-state index in [1.54, 1.807) is 45.0 Å². The summed E-state index contributed by atoms with van der Waals surface area (Å²) in [4.78, 5) is 24.8. The van der Waals surface area contributed by atoms with Crippen LogP contribution in [0.1, 0.15) is 26.5 Å². The van der Waals surface area contributed by atoms with E-state index < -0.39 is 23.7 Å². The number of benzene rings is 1. The van der Waals surface area contributed by atoms with E-state index in [4.69, 9.17) is 15.9 Å². The Morgan fingerprint density at radius 3 is 2.70 bits per heavy atom. The van der Waals surface area contributed by atoms with Gasteiger partial charge >= 0.3 is 12.1 Å². The van der Waals surface area contributed by atoms with Crippen molar-refractivity contribution in [2.45, 2.75) is 39.0 Å². The van der Waals surface area contributed by atoms with Gasteiger partial charge in [0.05, 0.1) is 5.75 Å². The number of nitrogens with one attached hydrogen (secondary N) is 1. The quantitative estimate of drug-likeness (QED) is 0.292. The van der Waals surface area contributed by atoms with Crippen LogP contribution >= 0.6 is 11.8 Å². The van der Waals surface area contributed by atoms with Crippen LogP contribution in [0, 0.1) is 17.6 Å². The van der Waals surface area contributed by atoms with Crippen LogP contribution in [0.3, 0.4) is 0 Å². The van der Waals surface area contributed by atoms with Gasteiger partial charge in [-0.3, -0.25) is 4.63 Å². The van der Waals surface area contributed by atoms with Crippen molar-refractivity contribution in [3.05, 3.63) is 41.2 Å². The lowest BCUT2D eigenvalue weighted by atomic mass is 10.1.